The van der Waals surface area contributed by atoms with Crippen LogP contribution >= 0.6 is 11.3 Å². The Morgan fingerprint density at radius 1 is 1.50 bits per heavy atom. The first-order valence-electron chi connectivity index (χ1n) is 6.66. The molecule has 1 aliphatic rings. The fourth-order valence-corrected chi connectivity index (χ4v) is 3.31. The lowest BCUT2D eigenvalue weighted by Crippen LogP contribution is -2.39. The molecule has 0 spiro atoms. The van der Waals surface area contributed by atoms with Crippen LogP contribution in [0.5, 0.6) is 0 Å². The van der Waals surface area contributed by atoms with Gasteiger partial charge in [-0.05, 0) is 56.0 Å². The lowest BCUT2D eigenvalue weighted by molar-refractivity contribution is 0.219. The second-order valence-electron chi connectivity index (χ2n) is 4.83. The Balaban J connectivity index is 1.69. The van der Waals surface area contributed by atoms with Gasteiger partial charge >= 0.3 is 0 Å². The average molecular weight is 237 g/mol. The van der Waals surface area contributed by atoms with Crippen molar-refractivity contribution in [3.63, 3.8) is 0 Å². The van der Waals surface area contributed by atoms with Crippen molar-refractivity contribution in [2.45, 2.75) is 51.5 Å². The third kappa shape index (κ3) is 3.33. The summed E-state index contributed by atoms with van der Waals surface area (Å²) >= 11 is 1.90. The highest BCUT2D eigenvalue weighted by atomic mass is 32.1. The number of aryl methyl sites for hydroxylation is 1. The van der Waals surface area contributed by atoms with Crippen molar-refractivity contribution in [2.75, 3.05) is 6.54 Å². The largest absolute Gasteiger partial charge is 0.314 e. The molecule has 0 aliphatic heterocycles. The number of thiophene rings is 1. The van der Waals surface area contributed by atoms with Gasteiger partial charge in [-0.2, -0.15) is 0 Å². The van der Waals surface area contributed by atoms with Crippen LogP contribution in [0, 0.1) is 5.92 Å². The Morgan fingerprint density at radius 2 is 2.38 bits per heavy atom. The monoisotopic (exact) mass is 237 g/mol. The maximum Gasteiger partial charge on any atom is 0.00953 e. The van der Waals surface area contributed by atoms with Crippen LogP contribution in [0.25, 0.3) is 0 Å². The number of hydrogen-bond donors (Lipinski definition) is 1. The molecule has 1 nitrogen and oxygen atoms in total. The first kappa shape index (κ1) is 12.1. The third-order valence-electron chi connectivity index (χ3n) is 3.70. The summed E-state index contributed by atoms with van der Waals surface area (Å²) in [5.74, 6) is 0.975. The first-order valence-corrected chi connectivity index (χ1v) is 7.54. The van der Waals surface area contributed by atoms with Crippen LogP contribution in [0.3, 0.4) is 0 Å². The second-order valence-corrected chi connectivity index (χ2v) is 5.86. The van der Waals surface area contributed by atoms with Crippen molar-refractivity contribution >= 4 is 11.3 Å². The van der Waals surface area contributed by atoms with Gasteiger partial charge < -0.3 is 5.32 Å². The molecule has 0 bridgehead atoms. The fraction of sp³-hybridized carbons (Fsp3) is 0.714. The Hall–Kier alpha value is -0.340. The van der Waals surface area contributed by atoms with Gasteiger partial charge in [-0.3, -0.25) is 0 Å². The molecule has 2 heteroatoms. The second kappa shape index (κ2) is 6.41. The molecule has 90 valence electrons. The van der Waals surface area contributed by atoms with E-state index in [4.69, 9.17) is 0 Å². The van der Waals surface area contributed by atoms with E-state index in [1.807, 2.05) is 11.3 Å². The Bertz CT molecular complexity index is 277. The summed E-state index contributed by atoms with van der Waals surface area (Å²) < 4.78 is 0. The average Bonchev–Trinajstić information content (AvgIpc) is 2.68. The van der Waals surface area contributed by atoms with Crippen molar-refractivity contribution < 1.29 is 0 Å². The molecular weight excluding hydrogens is 214 g/mol. The highest BCUT2D eigenvalue weighted by molar-refractivity contribution is 7.09. The van der Waals surface area contributed by atoms with E-state index in [0.717, 1.165) is 18.5 Å². The summed E-state index contributed by atoms with van der Waals surface area (Å²) in [5, 5.41) is 5.85. The van der Waals surface area contributed by atoms with E-state index < -0.39 is 0 Å². The summed E-state index contributed by atoms with van der Waals surface area (Å²) in [6, 6.07) is 5.21. The van der Waals surface area contributed by atoms with Crippen molar-refractivity contribution in [2.24, 2.45) is 5.92 Å². The summed E-state index contributed by atoms with van der Waals surface area (Å²) in [7, 11) is 0. The summed E-state index contributed by atoms with van der Waals surface area (Å²) in [5.41, 5.74) is 0. The van der Waals surface area contributed by atoms with E-state index in [1.165, 1.54) is 38.5 Å². The predicted octanol–water partition coefficient (Wildman–Crippen LogP) is 3.85. The quantitative estimate of drug-likeness (QED) is 0.759. The Kier molecular flexibility index (Phi) is 4.86. The minimum Gasteiger partial charge on any atom is -0.314 e. The molecule has 1 aromatic rings. The molecule has 1 heterocycles. The van der Waals surface area contributed by atoms with Gasteiger partial charge in [-0.25, -0.2) is 0 Å². The topological polar surface area (TPSA) is 12.0 Å². The lowest BCUT2D eigenvalue weighted by atomic mass is 9.78. The number of hydrogen-bond acceptors (Lipinski definition) is 2. The van der Waals surface area contributed by atoms with Crippen molar-refractivity contribution in [3.05, 3.63) is 22.4 Å². The molecule has 1 aliphatic carbocycles. The Morgan fingerprint density at radius 3 is 2.94 bits per heavy atom. The lowest BCUT2D eigenvalue weighted by Gasteiger charge is -2.34. The minimum atomic E-state index is 0.790. The van der Waals surface area contributed by atoms with Crippen LogP contribution in [0.15, 0.2) is 17.5 Å². The van der Waals surface area contributed by atoms with Gasteiger partial charge in [0.15, 0.2) is 0 Å². The summed E-state index contributed by atoms with van der Waals surface area (Å²) in [6.45, 7) is 3.35. The van der Waals surface area contributed by atoms with E-state index in [0.29, 0.717) is 0 Å². The SMILES string of the molecule is CCNC(CCCc1cccs1)C1CCC1. The molecule has 0 aromatic carbocycles. The maximum absolute atomic E-state index is 3.67. The zero-order chi connectivity index (χ0) is 11.2. The predicted molar refractivity (Wildman–Crippen MR) is 72.1 cm³/mol. The molecule has 1 atom stereocenters. The van der Waals surface area contributed by atoms with Crippen LogP contribution in [-0.2, 0) is 6.42 Å². The minimum absolute atomic E-state index is 0.790. The van der Waals surface area contributed by atoms with E-state index in [2.05, 4.69) is 29.8 Å². The zero-order valence-corrected chi connectivity index (χ0v) is 11.1. The highest BCUT2D eigenvalue weighted by Crippen LogP contribution is 2.31. The fourth-order valence-electron chi connectivity index (χ4n) is 2.56. The zero-order valence-electron chi connectivity index (χ0n) is 10.2. The molecule has 2 rings (SSSR count). The van der Waals surface area contributed by atoms with Gasteiger partial charge in [0.05, 0.1) is 0 Å². The Labute approximate surface area is 103 Å². The molecule has 0 radical (unpaired) electrons. The standard InChI is InChI=1S/C14H23NS/c1-2-15-14(12-6-3-7-12)10-4-8-13-9-5-11-16-13/h5,9,11-12,14-15H,2-4,6-8,10H2,1H3. The van der Waals surface area contributed by atoms with Crippen molar-refractivity contribution in [3.8, 4) is 0 Å². The molecule has 1 N–H and O–H groups in total. The normalized spacial score (nSPS) is 18.3. The molecule has 0 saturated heterocycles. The highest BCUT2D eigenvalue weighted by Gasteiger charge is 2.25. The summed E-state index contributed by atoms with van der Waals surface area (Å²) in [6.07, 6.45) is 8.34. The van der Waals surface area contributed by atoms with Gasteiger partial charge in [0.25, 0.3) is 0 Å². The van der Waals surface area contributed by atoms with Gasteiger partial charge in [0, 0.05) is 10.9 Å². The van der Waals surface area contributed by atoms with Crippen LogP contribution in [0.4, 0.5) is 0 Å². The number of rotatable bonds is 7. The van der Waals surface area contributed by atoms with Crippen molar-refractivity contribution in [1.82, 2.24) is 5.32 Å². The maximum atomic E-state index is 3.67. The van der Waals surface area contributed by atoms with Crippen molar-refractivity contribution in [1.29, 1.82) is 0 Å². The molecule has 1 aromatic heterocycles. The van der Waals surface area contributed by atoms with Crippen LogP contribution in [0.1, 0.15) is 43.9 Å². The van der Waals surface area contributed by atoms with Crippen LogP contribution < -0.4 is 5.32 Å². The molecular formula is C14H23NS. The summed E-state index contributed by atoms with van der Waals surface area (Å²) in [4.78, 5) is 1.55. The van der Waals surface area contributed by atoms with E-state index >= 15 is 0 Å². The molecule has 1 saturated carbocycles. The number of nitrogens with one attached hydrogen (secondary N) is 1. The smallest absolute Gasteiger partial charge is 0.00953 e. The third-order valence-corrected chi connectivity index (χ3v) is 4.64. The van der Waals surface area contributed by atoms with E-state index in [-0.39, 0.29) is 0 Å². The molecule has 16 heavy (non-hydrogen) atoms. The molecule has 1 fully saturated rings. The van der Waals surface area contributed by atoms with Gasteiger partial charge in [0.1, 0.15) is 0 Å². The van der Waals surface area contributed by atoms with Gasteiger partial charge in [-0.1, -0.05) is 19.4 Å². The molecule has 1 unspecified atom stereocenters. The van der Waals surface area contributed by atoms with E-state index in [9.17, 15) is 0 Å². The van der Waals surface area contributed by atoms with Gasteiger partial charge in [0.2, 0.25) is 0 Å². The van der Waals surface area contributed by atoms with Gasteiger partial charge in [-0.15, -0.1) is 11.3 Å². The van der Waals surface area contributed by atoms with E-state index in [1.54, 1.807) is 4.88 Å². The van der Waals surface area contributed by atoms with Crippen LogP contribution in [0.2, 0.25) is 0 Å². The first-order chi connectivity index (χ1) is 7.90. The molecule has 0 amide bonds. The van der Waals surface area contributed by atoms with Crippen LogP contribution in [-0.4, -0.2) is 12.6 Å².